The Morgan fingerprint density at radius 1 is 0.818 bits per heavy atom. The van der Waals surface area contributed by atoms with E-state index in [0.717, 1.165) is 36.8 Å². The molecule has 3 aromatic carbocycles. The van der Waals surface area contributed by atoms with Crippen molar-refractivity contribution in [2.45, 2.75) is 37.5 Å². The van der Waals surface area contributed by atoms with Crippen molar-refractivity contribution in [1.29, 1.82) is 0 Å². The third-order valence-corrected chi connectivity index (χ3v) is 6.66. The van der Waals surface area contributed by atoms with E-state index in [1.807, 2.05) is 66.7 Å². The maximum Gasteiger partial charge on any atom is 0.256 e. The number of unbranched alkanes of at least 4 members (excludes halogenated alkanes) is 3. The molecule has 0 aliphatic heterocycles. The molecule has 0 aliphatic carbocycles. The highest BCUT2D eigenvalue weighted by Gasteiger charge is 2.15. The second kappa shape index (κ2) is 12.1. The summed E-state index contributed by atoms with van der Waals surface area (Å²) >= 11 is 0. The molecule has 3 rings (SSSR count). The van der Waals surface area contributed by atoms with Crippen LogP contribution in [-0.4, -0.2) is 20.9 Å². The Balaban J connectivity index is 1.72. The molecule has 33 heavy (non-hydrogen) atoms. The maximum atomic E-state index is 13.1. The molecule has 0 bridgehead atoms. The quantitative estimate of drug-likeness (QED) is 0.217. The molecule has 6 heteroatoms. The van der Waals surface area contributed by atoms with Gasteiger partial charge in [-0.15, -0.1) is 0 Å². The lowest BCUT2D eigenvalue weighted by Crippen LogP contribution is -2.24. The molecule has 0 aromatic heterocycles. The number of hydrogen-bond donors (Lipinski definition) is 2. The number of amides is 1. The fraction of sp³-hybridized carbons (Fsp3) is 0.222. The van der Waals surface area contributed by atoms with Gasteiger partial charge in [-0.2, -0.15) is 0 Å². The summed E-state index contributed by atoms with van der Waals surface area (Å²) in [5, 5.41) is 2.88. The van der Waals surface area contributed by atoms with E-state index in [1.54, 1.807) is 12.1 Å². The Bertz CT molecular complexity index is 1160. The van der Waals surface area contributed by atoms with Crippen LogP contribution >= 0.6 is 0 Å². The molecule has 3 aromatic rings. The fourth-order valence-electron chi connectivity index (χ4n) is 3.37. The van der Waals surface area contributed by atoms with Gasteiger partial charge in [-0.3, -0.25) is 4.79 Å². The van der Waals surface area contributed by atoms with E-state index in [9.17, 15) is 13.2 Å². The Morgan fingerprint density at radius 3 is 2.09 bits per heavy atom. The average Bonchev–Trinajstić information content (AvgIpc) is 2.84. The summed E-state index contributed by atoms with van der Waals surface area (Å²) in [6.45, 7) is 2.54. The maximum absolute atomic E-state index is 13.1. The van der Waals surface area contributed by atoms with Gasteiger partial charge >= 0.3 is 0 Å². The fourth-order valence-corrected chi connectivity index (χ4v) is 4.45. The predicted molar refractivity (Wildman–Crippen MR) is 135 cm³/mol. The SMILES string of the molecule is CCCCCCNS(=O)(=O)c1ccc(NC(=O)/C(=C/c2ccccc2)c2ccccc2)cc1. The van der Waals surface area contributed by atoms with Gasteiger partial charge in [0.2, 0.25) is 10.0 Å². The van der Waals surface area contributed by atoms with Crippen molar-refractivity contribution in [2.24, 2.45) is 0 Å². The summed E-state index contributed by atoms with van der Waals surface area (Å²) < 4.78 is 27.6. The van der Waals surface area contributed by atoms with Crippen LogP contribution in [0.15, 0.2) is 89.8 Å². The standard InChI is InChI=1S/C27H30N2O3S/c1-2-3-4-11-20-28-33(31,32)25-18-16-24(17-19-25)29-27(30)26(23-14-9-6-10-15-23)21-22-12-7-5-8-13-22/h5-10,12-19,21,28H,2-4,11,20H2,1H3,(H,29,30)/b26-21+. The van der Waals surface area contributed by atoms with Gasteiger partial charge in [-0.05, 0) is 47.9 Å². The molecular formula is C27H30N2O3S. The number of carbonyl (C=O) groups excluding carboxylic acids is 1. The highest BCUT2D eigenvalue weighted by molar-refractivity contribution is 7.89. The smallest absolute Gasteiger partial charge is 0.256 e. The van der Waals surface area contributed by atoms with Crippen LogP contribution in [0.1, 0.15) is 43.7 Å². The monoisotopic (exact) mass is 462 g/mol. The van der Waals surface area contributed by atoms with Crippen LogP contribution in [0.4, 0.5) is 5.69 Å². The van der Waals surface area contributed by atoms with Crippen molar-refractivity contribution < 1.29 is 13.2 Å². The summed E-state index contributed by atoms with van der Waals surface area (Å²) in [7, 11) is -3.57. The lowest BCUT2D eigenvalue weighted by Gasteiger charge is -2.11. The molecule has 0 aliphatic rings. The molecule has 0 saturated carbocycles. The van der Waals surface area contributed by atoms with E-state index in [-0.39, 0.29) is 10.8 Å². The van der Waals surface area contributed by atoms with Gasteiger partial charge in [0, 0.05) is 17.8 Å². The zero-order chi connectivity index (χ0) is 23.5. The number of sulfonamides is 1. The number of rotatable bonds is 11. The molecule has 0 fully saturated rings. The van der Waals surface area contributed by atoms with E-state index in [0.29, 0.717) is 17.8 Å². The van der Waals surface area contributed by atoms with Crippen molar-refractivity contribution in [3.05, 3.63) is 96.1 Å². The van der Waals surface area contributed by atoms with Crippen LogP contribution in [0.3, 0.4) is 0 Å². The van der Waals surface area contributed by atoms with Crippen LogP contribution < -0.4 is 10.0 Å². The molecule has 0 unspecified atom stereocenters. The largest absolute Gasteiger partial charge is 0.322 e. The van der Waals surface area contributed by atoms with Crippen LogP contribution in [0.5, 0.6) is 0 Å². The van der Waals surface area contributed by atoms with Crippen molar-refractivity contribution in [3.63, 3.8) is 0 Å². The minimum absolute atomic E-state index is 0.180. The van der Waals surface area contributed by atoms with Gasteiger partial charge in [-0.1, -0.05) is 86.8 Å². The van der Waals surface area contributed by atoms with E-state index >= 15 is 0 Å². The van der Waals surface area contributed by atoms with Crippen LogP contribution in [0, 0.1) is 0 Å². The van der Waals surface area contributed by atoms with E-state index in [2.05, 4.69) is 17.0 Å². The van der Waals surface area contributed by atoms with E-state index < -0.39 is 10.0 Å². The van der Waals surface area contributed by atoms with E-state index in [1.165, 1.54) is 12.1 Å². The molecule has 172 valence electrons. The van der Waals surface area contributed by atoms with Crippen molar-refractivity contribution in [1.82, 2.24) is 4.72 Å². The summed E-state index contributed by atoms with van der Waals surface area (Å²) in [5.74, 6) is -0.269. The number of nitrogens with one attached hydrogen (secondary N) is 2. The topological polar surface area (TPSA) is 75.3 Å². The Labute approximate surface area is 196 Å². The molecule has 0 spiro atoms. The first-order valence-corrected chi connectivity index (χ1v) is 12.7. The van der Waals surface area contributed by atoms with Crippen molar-refractivity contribution in [2.75, 3.05) is 11.9 Å². The van der Waals surface area contributed by atoms with Crippen molar-refractivity contribution >= 4 is 33.3 Å². The summed E-state index contributed by atoms with van der Waals surface area (Å²) in [6, 6.07) is 25.3. The van der Waals surface area contributed by atoms with Gasteiger partial charge in [0.1, 0.15) is 0 Å². The first kappa shape index (κ1) is 24.4. The zero-order valence-corrected chi connectivity index (χ0v) is 19.6. The zero-order valence-electron chi connectivity index (χ0n) is 18.8. The summed E-state index contributed by atoms with van der Waals surface area (Å²) in [6.07, 6.45) is 5.86. The molecule has 5 nitrogen and oxygen atoms in total. The van der Waals surface area contributed by atoms with Crippen molar-refractivity contribution in [3.8, 4) is 0 Å². The highest BCUT2D eigenvalue weighted by atomic mass is 32.2. The van der Waals surface area contributed by atoms with E-state index in [4.69, 9.17) is 0 Å². The third kappa shape index (κ3) is 7.41. The molecular weight excluding hydrogens is 432 g/mol. The van der Waals surface area contributed by atoms with Gasteiger partial charge in [-0.25, -0.2) is 13.1 Å². The highest BCUT2D eigenvalue weighted by Crippen LogP contribution is 2.21. The normalized spacial score (nSPS) is 11.8. The number of carbonyl (C=O) groups is 1. The Hall–Kier alpha value is -3.22. The first-order chi connectivity index (χ1) is 16.0. The third-order valence-electron chi connectivity index (χ3n) is 5.18. The Morgan fingerprint density at radius 2 is 1.45 bits per heavy atom. The second-order valence-corrected chi connectivity index (χ2v) is 9.54. The second-order valence-electron chi connectivity index (χ2n) is 7.77. The summed E-state index contributed by atoms with van der Waals surface area (Å²) in [5.41, 5.74) is 2.76. The predicted octanol–water partition coefficient (Wildman–Crippen LogP) is 5.72. The van der Waals surface area contributed by atoms with Gasteiger partial charge in [0.25, 0.3) is 5.91 Å². The van der Waals surface area contributed by atoms with Crippen LogP contribution in [0.2, 0.25) is 0 Å². The van der Waals surface area contributed by atoms with Crippen LogP contribution in [0.25, 0.3) is 11.6 Å². The number of benzene rings is 3. The average molecular weight is 463 g/mol. The lowest BCUT2D eigenvalue weighted by molar-refractivity contribution is -0.111. The van der Waals surface area contributed by atoms with Gasteiger partial charge < -0.3 is 5.32 Å². The van der Waals surface area contributed by atoms with Gasteiger partial charge in [0.15, 0.2) is 0 Å². The molecule has 0 atom stereocenters. The van der Waals surface area contributed by atoms with Crippen LogP contribution in [-0.2, 0) is 14.8 Å². The Kier molecular flexibility index (Phi) is 8.98. The molecule has 1 amide bonds. The minimum Gasteiger partial charge on any atom is -0.322 e. The first-order valence-electron chi connectivity index (χ1n) is 11.2. The number of anilines is 1. The molecule has 0 saturated heterocycles. The number of hydrogen-bond acceptors (Lipinski definition) is 3. The summed E-state index contributed by atoms with van der Waals surface area (Å²) in [4.78, 5) is 13.3. The molecule has 0 radical (unpaired) electrons. The molecule has 0 heterocycles. The lowest BCUT2D eigenvalue weighted by atomic mass is 10.0. The minimum atomic E-state index is -3.57. The van der Waals surface area contributed by atoms with Gasteiger partial charge in [0.05, 0.1) is 4.90 Å². The molecule has 2 N–H and O–H groups in total.